The van der Waals surface area contributed by atoms with Crippen LogP contribution in [0.4, 0.5) is 4.39 Å². The summed E-state index contributed by atoms with van der Waals surface area (Å²) in [6.45, 7) is 5.59. The number of fused-ring (bicyclic) bond motifs is 5. The molecule has 4 aliphatic rings. The van der Waals surface area contributed by atoms with Crippen LogP contribution in [-0.4, -0.2) is 34.6 Å². The van der Waals surface area contributed by atoms with Crippen molar-refractivity contribution in [2.24, 2.45) is 22.7 Å². The van der Waals surface area contributed by atoms with Gasteiger partial charge >= 0.3 is 5.97 Å². The van der Waals surface area contributed by atoms with E-state index in [0.29, 0.717) is 12.2 Å². The van der Waals surface area contributed by atoms with Crippen LogP contribution in [0, 0.1) is 22.7 Å². The Labute approximate surface area is 154 Å². The van der Waals surface area contributed by atoms with Crippen molar-refractivity contribution in [3.05, 3.63) is 23.0 Å². The summed E-state index contributed by atoms with van der Waals surface area (Å²) in [7, 11) is 0. The number of aliphatic hydroxyl groups is 2. The predicted octanol–water partition coefficient (Wildman–Crippen LogP) is 3.43. The third kappa shape index (κ3) is 2.43. The first kappa shape index (κ1) is 18.2. The topological polar surface area (TPSA) is 66.8 Å². The molecule has 0 unspecified atom stereocenters. The Kier molecular flexibility index (Phi) is 4.12. The van der Waals surface area contributed by atoms with E-state index in [2.05, 4.69) is 6.92 Å². The van der Waals surface area contributed by atoms with E-state index in [4.69, 9.17) is 4.74 Å². The lowest BCUT2D eigenvalue weighted by Crippen LogP contribution is -2.48. The smallest absolute Gasteiger partial charge is 0.308 e. The molecule has 0 aliphatic heterocycles. The first-order valence-electron chi connectivity index (χ1n) is 9.80. The van der Waals surface area contributed by atoms with Crippen molar-refractivity contribution in [1.82, 2.24) is 0 Å². The molecule has 0 aromatic rings. The van der Waals surface area contributed by atoms with Crippen molar-refractivity contribution in [2.75, 3.05) is 0 Å². The van der Waals surface area contributed by atoms with Crippen LogP contribution in [0.1, 0.15) is 59.3 Å². The monoisotopic (exact) mass is 364 g/mol. The molecule has 0 amide bonds. The van der Waals surface area contributed by atoms with Crippen molar-refractivity contribution in [3.8, 4) is 0 Å². The number of esters is 1. The van der Waals surface area contributed by atoms with Crippen LogP contribution in [-0.2, 0) is 9.53 Å². The van der Waals surface area contributed by atoms with E-state index >= 15 is 0 Å². The average Bonchev–Trinajstić information content (AvgIpc) is 2.79. The summed E-state index contributed by atoms with van der Waals surface area (Å²) in [5.74, 6) is 0.231. The molecule has 0 heterocycles. The number of allylic oxidation sites excluding steroid dienone is 2. The summed E-state index contributed by atoms with van der Waals surface area (Å²) in [4.78, 5) is 11.7. The molecular weight excluding hydrogens is 335 g/mol. The Bertz CT molecular complexity index is 698. The van der Waals surface area contributed by atoms with E-state index in [0.717, 1.165) is 36.8 Å². The van der Waals surface area contributed by atoms with Crippen molar-refractivity contribution < 1.29 is 24.1 Å². The van der Waals surface area contributed by atoms with Crippen LogP contribution in [0.2, 0.25) is 0 Å². The summed E-state index contributed by atoms with van der Waals surface area (Å²) in [5.41, 5.74) is 1.57. The maximum Gasteiger partial charge on any atom is 0.308 e. The van der Waals surface area contributed by atoms with Gasteiger partial charge in [0.2, 0.25) is 0 Å². The van der Waals surface area contributed by atoms with E-state index in [1.54, 1.807) is 0 Å². The number of hydrogen-bond acceptors (Lipinski definition) is 4. The standard InChI is InChI=1S/C21H29FO4/c1-11(23)26-17-9-12-8-13(24)4-6-20(12,2)14-5-7-21(3)15(18(14)17)10-16(22)19(21)25/h9,13-16,19,24-25H,4-8,10H2,1-3H3/t13-,14-,15-,16+,19-,20-,21-/m0/s1. The number of halogens is 1. The van der Waals surface area contributed by atoms with E-state index in [9.17, 15) is 19.4 Å². The van der Waals surface area contributed by atoms with E-state index in [-0.39, 0.29) is 35.7 Å². The maximum atomic E-state index is 14.5. The number of hydrogen-bond donors (Lipinski definition) is 2. The Morgan fingerprint density at radius 2 is 1.96 bits per heavy atom. The Morgan fingerprint density at radius 3 is 2.65 bits per heavy atom. The SMILES string of the molecule is CC(=O)OC1=C2[C@@H]3C[C@@H](F)[C@H](O)[C@@]3(C)CC[C@@H]2[C@@]2(C)CC[C@H](O)CC2=C1. The van der Waals surface area contributed by atoms with Gasteiger partial charge in [-0.2, -0.15) is 0 Å². The van der Waals surface area contributed by atoms with Gasteiger partial charge in [0.25, 0.3) is 0 Å². The molecule has 0 spiro atoms. The van der Waals surface area contributed by atoms with E-state index in [1.807, 2.05) is 13.0 Å². The van der Waals surface area contributed by atoms with Gasteiger partial charge < -0.3 is 14.9 Å². The van der Waals surface area contributed by atoms with Crippen LogP contribution < -0.4 is 0 Å². The number of ether oxygens (including phenoxy) is 1. The largest absolute Gasteiger partial charge is 0.427 e. The van der Waals surface area contributed by atoms with Crippen molar-refractivity contribution in [3.63, 3.8) is 0 Å². The minimum atomic E-state index is -1.24. The molecule has 2 N–H and O–H groups in total. The first-order valence-corrected chi connectivity index (χ1v) is 9.80. The lowest BCUT2D eigenvalue weighted by Gasteiger charge is -2.54. The minimum Gasteiger partial charge on any atom is -0.427 e. The van der Waals surface area contributed by atoms with Gasteiger partial charge in [0.15, 0.2) is 0 Å². The van der Waals surface area contributed by atoms with Crippen molar-refractivity contribution in [1.29, 1.82) is 0 Å². The fourth-order valence-corrected chi connectivity index (χ4v) is 6.23. The fourth-order valence-electron chi connectivity index (χ4n) is 6.23. The van der Waals surface area contributed by atoms with E-state index in [1.165, 1.54) is 6.92 Å². The van der Waals surface area contributed by atoms with Crippen molar-refractivity contribution in [2.45, 2.75) is 77.7 Å². The highest BCUT2D eigenvalue weighted by atomic mass is 19.1. The number of rotatable bonds is 1. The normalized spacial score (nSPS) is 47.6. The molecule has 0 aromatic heterocycles. The van der Waals surface area contributed by atoms with Crippen LogP contribution >= 0.6 is 0 Å². The maximum absolute atomic E-state index is 14.5. The van der Waals surface area contributed by atoms with Gasteiger partial charge in [0.05, 0.1) is 12.2 Å². The number of carbonyl (C=O) groups excluding carboxylic acids is 1. The Morgan fingerprint density at radius 1 is 1.23 bits per heavy atom. The summed E-state index contributed by atoms with van der Waals surface area (Å²) in [6, 6.07) is 0. The van der Waals surface area contributed by atoms with Gasteiger partial charge in [-0.3, -0.25) is 4.79 Å². The minimum absolute atomic E-state index is 0.0844. The molecule has 3 saturated carbocycles. The van der Waals surface area contributed by atoms with Gasteiger partial charge in [-0.05, 0) is 67.4 Å². The molecule has 4 nitrogen and oxygen atoms in total. The second-order valence-electron chi connectivity index (χ2n) is 9.24. The van der Waals surface area contributed by atoms with Gasteiger partial charge in [-0.1, -0.05) is 19.4 Å². The zero-order valence-electron chi connectivity index (χ0n) is 15.8. The molecule has 4 rings (SSSR count). The van der Waals surface area contributed by atoms with Gasteiger partial charge in [-0.15, -0.1) is 0 Å². The molecule has 26 heavy (non-hydrogen) atoms. The fraction of sp³-hybridized carbons (Fsp3) is 0.762. The zero-order valence-corrected chi connectivity index (χ0v) is 15.8. The first-order chi connectivity index (χ1) is 12.2. The van der Waals surface area contributed by atoms with Crippen LogP contribution in [0.15, 0.2) is 23.0 Å². The highest BCUT2D eigenvalue weighted by Gasteiger charge is 2.60. The summed E-state index contributed by atoms with van der Waals surface area (Å²) in [5, 5.41) is 20.6. The van der Waals surface area contributed by atoms with E-state index < -0.39 is 17.7 Å². The Hall–Kier alpha value is -1.20. The quantitative estimate of drug-likeness (QED) is 0.700. The molecule has 0 saturated heterocycles. The highest BCUT2D eigenvalue weighted by molar-refractivity contribution is 5.68. The average molecular weight is 364 g/mol. The van der Waals surface area contributed by atoms with Crippen LogP contribution in [0.5, 0.6) is 0 Å². The summed E-state index contributed by atoms with van der Waals surface area (Å²) >= 11 is 0. The molecule has 144 valence electrons. The number of aliphatic hydroxyl groups excluding tert-OH is 2. The molecule has 0 radical (unpaired) electrons. The molecule has 3 fully saturated rings. The second-order valence-corrected chi connectivity index (χ2v) is 9.24. The molecular formula is C21H29FO4. The van der Waals surface area contributed by atoms with Crippen molar-refractivity contribution >= 4 is 5.97 Å². The third-order valence-electron chi connectivity index (χ3n) is 7.80. The number of alkyl halides is 1. The third-order valence-corrected chi connectivity index (χ3v) is 7.80. The molecule has 4 aliphatic carbocycles. The lowest BCUT2D eigenvalue weighted by atomic mass is 9.51. The predicted molar refractivity (Wildman–Crippen MR) is 94.7 cm³/mol. The summed E-state index contributed by atoms with van der Waals surface area (Å²) in [6.07, 6.45) is 3.52. The molecule has 5 heteroatoms. The van der Waals surface area contributed by atoms with Crippen LogP contribution in [0.25, 0.3) is 0 Å². The van der Waals surface area contributed by atoms with Crippen LogP contribution in [0.3, 0.4) is 0 Å². The molecule has 0 aromatic carbocycles. The zero-order chi connectivity index (χ0) is 18.9. The second kappa shape index (κ2) is 5.90. The molecule has 0 bridgehead atoms. The summed E-state index contributed by atoms with van der Waals surface area (Å²) < 4.78 is 20.1. The lowest BCUT2D eigenvalue weighted by molar-refractivity contribution is -0.136. The van der Waals surface area contributed by atoms with Gasteiger partial charge in [0.1, 0.15) is 11.9 Å². The molecule has 7 atom stereocenters. The Balaban J connectivity index is 1.85. The highest BCUT2D eigenvalue weighted by Crippen LogP contribution is 2.64. The van der Waals surface area contributed by atoms with Gasteiger partial charge in [-0.25, -0.2) is 4.39 Å². The number of carbonyl (C=O) groups is 1. The van der Waals surface area contributed by atoms with Gasteiger partial charge in [0, 0.05) is 12.3 Å².